The molecule has 4 nitrogen and oxygen atoms in total. The highest BCUT2D eigenvalue weighted by Crippen LogP contribution is 2.03. The Hall–Kier alpha value is -1.34. The topological polar surface area (TPSA) is 72.2 Å². The zero-order valence-corrected chi connectivity index (χ0v) is 7.83. The quantitative estimate of drug-likeness (QED) is 0.585. The molecule has 0 saturated heterocycles. The van der Waals surface area contributed by atoms with Crippen LogP contribution in [0.25, 0.3) is 0 Å². The lowest BCUT2D eigenvalue weighted by Crippen LogP contribution is -2.41. The van der Waals surface area contributed by atoms with Gasteiger partial charge in [-0.3, -0.25) is 14.9 Å². The molecule has 0 spiro atoms. The van der Waals surface area contributed by atoms with Crippen LogP contribution in [-0.2, 0) is 9.59 Å². The van der Waals surface area contributed by atoms with E-state index in [1.54, 1.807) is 6.92 Å². The summed E-state index contributed by atoms with van der Waals surface area (Å²) in [6, 6.07) is -0.399. The second-order valence-electron chi connectivity index (χ2n) is 2.91. The Labute approximate surface area is 77.9 Å². The Morgan fingerprint density at radius 2 is 2.15 bits per heavy atom. The minimum absolute atomic E-state index is 0.326. The van der Waals surface area contributed by atoms with Crippen LogP contribution in [0.4, 0.5) is 0 Å². The average molecular weight is 182 g/mol. The molecular weight excluding hydrogens is 168 g/mol. The fourth-order valence-corrected chi connectivity index (χ4v) is 0.795. The van der Waals surface area contributed by atoms with Crippen molar-refractivity contribution in [1.29, 1.82) is 0 Å². The van der Waals surface area contributed by atoms with E-state index in [4.69, 9.17) is 12.2 Å². The Morgan fingerprint density at radius 1 is 1.62 bits per heavy atom. The number of nitrogens with two attached hydrogens (primary N) is 1. The van der Waals surface area contributed by atoms with Gasteiger partial charge in [-0.2, -0.15) is 0 Å². The molecule has 1 unspecified atom stereocenters. The molecule has 4 heteroatoms. The normalized spacial score (nSPS) is 14.0. The minimum atomic E-state index is -0.444. The molecule has 2 atom stereocenters. The number of carbonyl (C=O) groups excluding carboxylic acids is 2. The SMILES string of the molecule is C#CC[C@@H](N)C(C)C(=O)NC(C)=O. The molecule has 0 aliphatic heterocycles. The zero-order chi connectivity index (χ0) is 10.4. The molecular formula is C9H14N2O2. The molecule has 0 aromatic heterocycles. The second kappa shape index (κ2) is 5.33. The van der Waals surface area contributed by atoms with Gasteiger partial charge in [0.25, 0.3) is 0 Å². The monoisotopic (exact) mass is 182 g/mol. The highest BCUT2D eigenvalue weighted by atomic mass is 16.2. The number of carbonyl (C=O) groups is 2. The van der Waals surface area contributed by atoms with Crippen LogP contribution < -0.4 is 11.1 Å². The van der Waals surface area contributed by atoms with Gasteiger partial charge in [-0.25, -0.2) is 0 Å². The van der Waals surface area contributed by atoms with Crippen LogP contribution in [0.3, 0.4) is 0 Å². The van der Waals surface area contributed by atoms with Gasteiger partial charge in [-0.1, -0.05) is 6.92 Å². The molecule has 0 aliphatic carbocycles. The highest BCUT2D eigenvalue weighted by molar-refractivity contribution is 5.95. The van der Waals surface area contributed by atoms with Gasteiger partial charge < -0.3 is 5.73 Å². The van der Waals surface area contributed by atoms with E-state index < -0.39 is 12.0 Å². The van der Waals surface area contributed by atoms with E-state index in [-0.39, 0.29) is 11.8 Å². The second-order valence-corrected chi connectivity index (χ2v) is 2.91. The summed E-state index contributed by atoms with van der Waals surface area (Å²) in [4.78, 5) is 21.7. The van der Waals surface area contributed by atoms with E-state index in [9.17, 15) is 9.59 Å². The summed E-state index contributed by atoms with van der Waals surface area (Å²) in [5.41, 5.74) is 5.59. The van der Waals surface area contributed by atoms with E-state index in [0.717, 1.165) is 0 Å². The summed E-state index contributed by atoms with van der Waals surface area (Å²) in [5, 5.41) is 2.16. The van der Waals surface area contributed by atoms with Crippen molar-refractivity contribution in [2.45, 2.75) is 26.3 Å². The minimum Gasteiger partial charge on any atom is -0.326 e. The summed E-state index contributed by atoms with van der Waals surface area (Å²) in [7, 11) is 0. The molecule has 0 fully saturated rings. The lowest BCUT2D eigenvalue weighted by atomic mass is 9.99. The first-order chi connectivity index (χ1) is 5.99. The van der Waals surface area contributed by atoms with Crippen LogP contribution >= 0.6 is 0 Å². The van der Waals surface area contributed by atoms with Crippen molar-refractivity contribution in [3.63, 3.8) is 0 Å². The Balaban J connectivity index is 4.10. The van der Waals surface area contributed by atoms with Gasteiger partial charge in [0.1, 0.15) is 0 Å². The van der Waals surface area contributed by atoms with Gasteiger partial charge in [0.2, 0.25) is 11.8 Å². The lowest BCUT2D eigenvalue weighted by molar-refractivity contribution is -0.131. The Morgan fingerprint density at radius 3 is 2.54 bits per heavy atom. The third-order valence-electron chi connectivity index (χ3n) is 1.71. The van der Waals surface area contributed by atoms with Gasteiger partial charge >= 0.3 is 0 Å². The van der Waals surface area contributed by atoms with E-state index in [1.807, 2.05) is 0 Å². The number of hydrogen-bond acceptors (Lipinski definition) is 3. The van der Waals surface area contributed by atoms with Gasteiger partial charge in [0, 0.05) is 19.4 Å². The zero-order valence-electron chi connectivity index (χ0n) is 7.83. The fraction of sp³-hybridized carbons (Fsp3) is 0.556. The molecule has 2 amide bonds. The predicted octanol–water partition coefficient (Wildman–Crippen LogP) is -0.364. The summed E-state index contributed by atoms with van der Waals surface area (Å²) in [6.07, 6.45) is 5.37. The lowest BCUT2D eigenvalue weighted by Gasteiger charge is -2.15. The smallest absolute Gasteiger partial charge is 0.230 e. The van der Waals surface area contributed by atoms with Crippen molar-refractivity contribution in [3.05, 3.63) is 0 Å². The number of imide groups is 1. The van der Waals surface area contributed by atoms with Crippen LogP contribution in [0, 0.1) is 18.3 Å². The molecule has 0 radical (unpaired) electrons. The summed E-state index contributed by atoms with van der Waals surface area (Å²) in [5.74, 6) is 1.16. The van der Waals surface area contributed by atoms with Gasteiger partial charge in [-0.05, 0) is 0 Å². The van der Waals surface area contributed by atoms with Crippen LogP contribution in [0.1, 0.15) is 20.3 Å². The molecule has 3 N–H and O–H groups in total. The van der Waals surface area contributed by atoms with Crippen molar-refractivity contribution >= 4 is 11.8 Å². The number of rotatable bonds is 3. The number of amides is 2. The van der Waals surface area contributed by atoms with E-state index in [0.29, 0.717) is 6.42 Å². The van der Waals surface area contributed by atoms with Gasteiger partial charge in [0.15, 0.2) is 0 Å². The third-order valence-corrected chi connectivity index (χ3v) is 1.71. The molecule has 0 heterocycles. The van der Waals surface area contributed by atoms with Crippen molar-refractivity contribution in [2.24, 2.45) is 11.7 Å². The Kier molecular flexibility index (Phi) is 4.78. The first-order valence-electron chi connectivity index (χ1n) is 3.99. The molecule has 0 aliphatic rings. The van der Waals surface area contributed by atoms with Crippen LogP contribution in [0.2, 0.25) is 0 Å². The number of nitrogens with one attached hydrogen (secondary N) is 1. The summed E-state index contributed by atoms with van der Waals surface area (Å²) >= 11 is 0. The Bertz CT molecular complexity index is 242. The van der Waals surface area contributed by atoms with E-state index in [2.05, 4.69) is 11.2 Å². The first kappa shape index (κ1) is 11.7. The van der Waals surface area contributed by atoms with Crippen LogP contribution in [0.15, 0.2) is 0 Å². The molecule has 72 valence electrons. The van der Waals surface area contributed by atoms with Crippen molar-refractivity contribution in [2.75, 3.05) is 0 Å². The van der Waals surface area contributed by atoms with E-state index in [1.165, 1.54) is 6.92 Å². The molecule has 0 aromatic carbocycles. The largest absolute Gasteiger partial charge is 0.326 e. The van der Waals surface area contributed by atoms with Crippen molar-refractivity contribution in [1.82, 2.24) is 5.32 Å². The van der Waals surface area contributed by atoms with Crippen LogP contribution in [-0.4, -0.2) is 17.9 Å². The fourth-order valence-electron chi connectivity index (χ4n) is 0.795. The predicted molar refractivity (Wildman–Crippen MR) is 49.4 cm³/mol. The molecule has 13 heavy (non-hydrogen) atoms. The highest BCUT2D eigenvalue weighted by Gasteiger charge is 2.20. The molecule has 0 aromatic rings. The number of terminal acetylenes is 1. The molecule has 0 bridgehead atoms. The van der Waals surface area contributed by atoms with Crippen molar-refractivity contribution in [3.8, 4) is 12.3 Å². The molecule has 0 saturated carbocycles. The maximum atomic E-state index is 11.2. The van der Waals surface area contributed by atoms with E-state index >= 15 is 0 Å². The molecule has 0 rings (SSSR count). The summed E-state index contributed by atoms with van der Waals surface area (Å²) in [6.45, 7) is 2.91. The third kappa shape index (κ3) is 4.28. The standard InChI is InChI=1S/C9H14N2O2/c1-4-5-8(10)6(2)9(13)11-7(3)12/h1,6,8H,5,10H2,2-3H3,(H,11,12,13)/t6?,8-/m1/s1. The maximum Gasteiger partial charge on any atom is 0.230 e. The average Bonchev–Trinajstić information content (AvgIpc) is 2.02. The first-order valence-corrected chi connectivity index (χ1v) is 3.99. The van der Waals surface area contributed by atoms with Crippen molar-refractivity contribution < 1.29 is 9.59 Å². The number of hydrogen-bond donors (Lipinski definition) is 2. The van der Waals surface area contributed by atoms with Gasteiger partial charge in [0.05, 0.1) is 5.92 Å². The van der Waals surface area contributed by atoms with Gasteiger partial charge in [-0.15, -0.1) is 12.3 Å². The van der Waals surface area contributed by atoms with Crippen LogP contribution in [0.5, 0.6) is 0 Å². The summed E-state index contributed by atoms with van der Waals surface area (Å²) < 4.78 is 0. The maximum absolute atomic E-state index is 11.2.